The van der Waals surface area contributed by atoms with Crippen molar-refractivity contribution in [3.8, 4) is 0 Å². The first-order valence-electron chi connectivity index (χ1n) is 21.0. The van der Waals surface area contributed by atoms with Crippen molar-refractivity contribution >= 4 is 17.9 Å². The summed E-state index contributed by atoms with van der Waals surface area (Å²) in [5.74, 6) is -1.90. The lowest BCUT2D eigenvalue weighted by Gasteiger charge is -2.34. The van der Waals surface area contributed by atoms with Gasteiger partial charge >= 0.3 is 11.9 Å². The van der Waals surface area contributed by atoms with Crippen LogP contribution in [0.3, 0.4) is 0 Å². The molecule has 0 rings (SSSR count). The largest absolute Gasteiger partial charge is 0.544 e. The summed E-state index contributed by atoms with van der Waals surface area (Å²) in [5.41, 5.74) is 0. The van der Waals surface area contributed by atoms with Crippen molar-refractivity contribution < 1.29 is 38.2 Å². The van der Waals surface area contributed by atoms with Gasteiger partial charge in [-0.25, -0.2) is 0 Å². The number of unbranched alkanes of at least 4 members (excludes halogenated alkanes) is 9. The number of likely N-dealkylation sites (N-methyl/N-ethyl adjacent to an activating group) is 1. The molecule has 0 aromatic carbocycles. The van der Waals surface area contributed by atoms with Crippen molar-refractivity contribution in [3.05, 3.63) is 109 Å². The Kier molecular flexibility index (Phi) is 35.2. The van der Waals surface area contributed by atoms with Gasteiger partial charge in [-0.05, 0) is 51.4 Å². The molecule has 0 spiro atoms. The summed E-state index contributed by atoms with van der Waals surface area (Å²) in [5, 5.41) is 11.6. The topological polar surface area (TPSA) is 102 Å². The second kappa shape index (κ2) is 37.9. The highest BCUT2D eigenvalue weighted by Gasteiger charge is 2.25. The molecule has 8 heteroatoms. The second-order valence-corrected chi connectivity index (χ2v) is 14.7. The van der Waals surface area contributed by atoms with Gasteiger partial charge in [-0.3, -0.25) is 9.59 Å². The third kappa shape index (κ3) is 35.7. The molecule has 0 aliphatic heterocycles. The zero-order chi connectivity index (χ0) is 41.4. The number of allylic oxidation sites excluding steroid dienone is 18. The van der Waals surface area contributed by atoms with E-state index in [0.29, 0.717) is 12.8 Å². The van der Waals surface area contributed by atoms with E-state index in [1.165, 1.54) is 38.5 Å². The van der Waals surface area contributed by atoms with E-state index in [2.05, 4.69) is 44.2 Å². The number of carboxylic acid groups (broad SMARTS) is 1. The van der Waals surface area contributed by atoms with Gasteiger partial charge in [0, 0.05) is 19.3 Å². The maximum Gasteiger partial charge on any atom is 0.306 e. The number of carbonyl (C=O) groups is 3. The molecule has 314 valence electrons. The lowest BCUT2D eigenvalue weighted by Crippen LogP contribution is -2.55. The van der Waals surface area contributed by atoms with E-state index in [1.54, 1.807) is 21.1 Å². The molecular weight excluding hydrogens is 703 g/mol. The molecule has 0 fully saturated rings. The number of quaternary nitrogens is 1. The fraction of sp³-hybridized carbons (Fsp3) is 0.562. The molecule has 0 N–H and O–H groups in total. The van der Waals surface area contributed by atoms with Crippen molar-refractivity contribution in [1.29, 1.82) is 0 Å². The van der Waals surface area contributed by atoms with Gasteiger partial charge in [-0.15, -0.1) is 0 Å². The third-order valence-corrected chi connectivity index (χ3v) is 8.60. The molecule has 0 radical (unpaired) electrons. The Morgan fingerprint density at radius 2 is 1.11 bits per heavy atom. The molecule has 0 aliphatic carbocycles. The fourth-order valence-corrected chi connectivity index (χ4v) is 5.34. The van der Waals surface area contributed by atoms with Gasteiger partial charge in [0.15, 0.2) is 6.10 Å². The normalized spacial score (nSPS) is 14.1. The first-order valence-corrected chi connectivity index (χ1v) is 21.0. The van der Waals surface area contributed by atoms with Gasteiger partial charge < -0.3 is 28.6 Å². The maximum atomic E-state index is 12.7. The van der Waals surface area contributed by atoms with Gasteiger partial charge in [0.25, 0.3) is 0 Å². The van der Waals surface area contributed by atoms with Crippen molar-refractivity contribution in [2.45, 2.75) is 135 Å². The number of ether oxygens (including phenoxy) is 3. The van der Waals surface area contributed by atoms with Crippen LogP contribution >= 0.6 is 0 Å². The highest BCUT2D eigenvalue weighted by atomic mass is 16.6. The minimum atomic E-state index is -1.15. The van der Waals surface area contributed by atoms with Crippen LogP contribution in [0.25, 0.3) is 0 Å². The average Bonchev–Trinajstić information content (AvgIpc) is 3.15. The quantitative estimate of drug-likeness (QED) is 0.0208. The number of nitrogens with zero attached hydrogens (tertiary/aromatic N) is 1. The van der Waals surface area contributed by atoms with Crippen LogP contribution < -0.4 is 5.11 Å². The van der Waals surface area contributed by atoms with Crippen molar-refractivity contribution in [3.63, 3.8) is 0 Å². The monoisotopic (exact) mass is 778 g/mol. The highest BCUT2D eigenvalue weighted by molar-refractivity contribution is 5.70. The molecule has 0 aromatic rings. The summed E-state index contributed by atoms with van der Waals surface area (Å²) in [4.78, 5) is 36.7. The highest BCUT2D eigenvalue weighted by Crippen LogP contribution is 2.11. The van der Waals surface area contributed by atoms with Gasteiger partial charge in [-0.2, -0.15) is 0 Å². The zero-order valence-corrected chi connectivity index (χ0v) is 35.5. The minimum Gasteiger partial charge on any atom is -0.544 e. The summed E-state index contributed by atoms with van der Waals surface area (Å²) >= 11 is 0. The zero-order valence-electron chi connectivity index (χ0n) is 35.5. The van der Waals surface area contributed by atoms with Crippen molar-refractivity contribution in [1.82, 2.24) is 0 Å². The van der Waals surface area contributed by atoms with Crippen LogP contribution in [0.1, 0.15) is 123 Å². The number of carbonyl (C=O) groups excluding carboxylic acids is 3. The molecule has 8 nitrogen and oxygen atoms in total. The van der Waals surface area contributed by atoms with Crippen LogP contribution in [-0.2, 0) is 28.6 Å². The van der Waals surface area contributed by atoms with E-state index in [0.717, 1.165) is 38.5 Å². The minimum absolute atomic E-state index is 0.00343. The van der Waals surface area contributed by atoms with Crippen LogP contribution in [0.5, 0.6) is 0 Å². The second-order valence-electron chi connectivity index (χ2n) is 14.7. The number of carboxylic acids is 1. The van der Waals surface area contributed by atoms with Gasteiger partial charge in [-0.1, -0.05) is 162 Å². The van der Waals surface area contributed by atoms with E-state index < -0.39 is 18.1 Å². The third-order valence-electron chi connectivity index (χ3n) is 8.60. The lowest BCUT2D eigenvalue weighted by molar-refractivity contribution is -0.889. The number of aliphatic carboxylic acids is 1. The summed E-state index contributed by atoms with van der Waals surface area (Å²) in [7, 11) is 5.35. The van der Waals surface area contributed by atoms with Crippen LogP contribution in [0.15, 0.2) is 109 Å². The predicted octanol–water partition coefficient (Wildman–Crippen LogP) is 9.96. The van der Waals surface area contributed by atoms with Gasteiger partial charge in [0.05, 0.1) is 40.3 Å². The Labute approximate surface area is 340 Å². The van der Waals surface area contributed by atoms with Crippen LogP contribution in [0, 0.1) is 0 Å². The van der Waals surface area contributed by atoms with Crippen LogP contribution in [-0.4, -0.2) is 75.5 Å². The fourth-order valence-electron chi connectivity index (χ4n) is 5.34. The van der Waals surface area contributed by atoms with Crippen molar-refractivity contribution in [2.75, 3.05) is 41.0 Å². The number of rotatable bonds is 35. The van der Waals surface area contributed by atoms with E-state index in [4.69, 9.17) is 14.2 Å². The molecule has 2 atom stereocenters. The summed E-state index contributed by atoms with van der Waals surface area (Å²) in [6.45, 7) is 4.36. The van der Waals surface area contributed by atoms with Crippen LogP contribution in [0.4, 0.5) is 0 Å². The molecule has 0 amide bonds. The Balaban J connectivity index is 4.59. The van der Waals surface area contributed by atoms with Gasteiger partial charge in [0.1, 0.15) is 12.6 Å². The molecule has 0 heterocycles. The number of esters is 2. The Morgan fingerprint density at radius 3 is 1.70 bits per heavy atom. The smallest absolute Gasteiger partial charge is 0.306 e. The van der Waals surface area contributed by atoms with Gasteiger partial charge in [0.2, 0.25) is 0 Å². The SMILES string of the molecule is CC/C=C/C=C/C=C/C=C/C=C/C=C/C=C/CCCCCC(=O)OC(COCCC(C(=O)[O-])[N+](C)(C)C)COC(=O)CC/C=C/C/C=C/CCCCCCCC. The standard InChI is InChI=1S/C48H75NO7/c1-6-8-10-12-14-16-18-20-21-22-23-24-25-27-29-31-33-35-37-39-47(51)56-44(42-54-41-40-45(48(52)53)49(3,4)5)43-55-46(50)38-36-34-32-30-28-26-19-17-15-13-11-9-7-2/h8,10,12,14,16,18,20-29,32,34,44-45H,6-7,9,11,13,15,17,19,30-31,33,35-43H2,1-5H3/b10-8+,14-12+,18-16+,21-20+,23-22+,25-24+,28-26+,29-27+,34-32+. The molecule has 0 aliphatic rings. The molecular formula is C48H75NO7. The summed E-state index contributed by atoms with van der Waals surface area (Å²) in [6.07, 6.45) is 51.2. The van der Waals surface area contributed by atoms with E-state index in [9.17, 15) is 19.5 Å². The van der Waals surface area contributed by atoms with E-state index >= 15 is 0 Å². The lowest BCUT2D eigenvalue weighted by atomic mass is 10.1. The molecule has 0 saturated heterocycles. The molecule has 0 saturated carbocycles. The average molecular weight is 778 g/mol. The van der Waals surface area contributed by atoms with Crippen molar-refractivity contribution in [2.24, 2.45) is 0 Å². The predicted molar refractivity (Wildman–Crippen MR) is 231 cm³/mol. The Morgan fingerprint density at radius 1 is 0.571 bits per heavy atom. The molecule has 56 heavy (non-hydrogen) atoms. The first kappa shape index (κ1) is 52.0. The first-order chi connectivity index (χ1) is 27.1. The number of hydrogen-bond acceptors (Lipinski definition) is 7. The van der Waals surface area contributed by atoms with E-state index in [1.807, 2.05) is 79.0 Å². The maximum absolute atomic E-state index is 12.7. The van der Waals surface area contributed by atoms with Crippen LogP contribution in [0.2, 0.25) is 0 Å². The van der Waals surface area contributed by atoms with E-state index in [-0.39, 0.29) is 55.5 Å². The summed E-state index contributed by atoms with van der Waals surface area (Å²) < 4.78 is 17.0. The number of hydrogen-bond donors (Lipinski definition) is 0. The summed E-state index contributed by atoms with van der Waals surface area (Å²) in [6, 6.07) is -0.748. The molecule has 0 aromatic heterocycles. The molecule has 2 unspecified atom stereocenters. The Hall–Kier alpha value is -4.01. The molecule has 0 bridgehead atoms. The Bertz CT molecular complexity index is 1280.